The van der Waals surface area contributed by atoms with E-state index in [1.54, 1.807) is 61.5 Å². The number of aliphatic hydroxyl groups excluding tert-OH is 1. The number of para-hydroxylation sites is 1. The molecule has 1 N–H and O–H groups in total. The summed E-state index contributed by atoms with van der Waals surface area (Å²) in [4.78, 5) is 38.5. The van der Waals surface area contributed by atoms with Crippen LogP contribution >= 0.6 is 0 Å². The second kappa shape index (κ2) is 11.4. The molecular weight excluding hydrogens is 472 g/mol. The number of likely N-dealkylation sites (N-methyl/N-ethyl adjacent to an activating group) is 1. The molecule has 0 saturated carbocycles. The van der Waals surface area contributed by atoms with Crippen molar-refractivity contribution in [2.45, 2.75) is 26.0 Å². The maximum absolute atomic E-state index is 13.7. The number of hydrogen-bond acceptors (Lipinski definition) is 7. The molecule has 1 aromatic carbocycles. The van der Waals surface area contributed by atoms with Crippen LogP contribution in [0.15, 0.2) is 61.1 Å². The molecule has 9 heteroatoms. The van der Waals surface area contributed by atoms with Gasteiger partial charge in [-0.05, 0) is 31.2 Å². The van der Waals surface area contributed by atoms with E-state index in [1.165, 1.54) is 6.20 Å². The minimum Gasteiger partial charge on any atom is -0.496 e. The topological polar surface area (TPSA) is 105 Å². The quantitative estimate of drug-likeness (QED) is 0.527. The molecule has 0 radical (unpaired) electrons. The van der Waals surface area contributed by atoms with Crippen molar-refractivity contribution >= 4 is 11.8 Å². The van der Waals surface area contributed by atoms with Crippen molar-refractivity contribution < 1.29 is 24.2 Å². The number of carbonyl (C=O) groups excluding carboxylic acids is 2. The fourth-order valence-corrected chi connectivity index (χ4v) is 4.41. The zero-order valence-corrected chi connectivity index (χ0v) is 21.5. The number of amides is 2. The summed E-state index contributed by atoms with van der Waals surface area (Å²) < 4.78 is 11.8. The molecule has 3 atom stereocenters. The Morgan fingerprint density at radius 1 is 1.24 bits per heavy atom. The lowest BCUT2D eigenvalue weighted by molar-refractivity contribution is 0.0313. The average Bonchev–Trinajstić information content (AvgIpc) is 2.94. The summed E-state index contributed by atoms with van der Waals surface area (Å²) in [7, 11) is 3.30. The first-order valence-corrected chi connectivity index (χ1v) is 12.2. The van der Waals surface area contributed by atoms with Gasteiger partial charge in [0.15, 0.2) is 0 Å². The van der Waals surface area contributed by atoms with E-state index in [4.69, 9.17) is 9.47 Å². The highest BCUT2D eigenvalue weighted by atomic mass is 16.5. The van der Waals surface area contributed by atoms with Crippen LogP contribution in [0.4, 0.5) is 0 Å². The number of nitrogens with zero attached hydrogens (tertiary/aromatic N) is 4. The third kappa shape index (κ3) is 5.56. The molecule has 9 nitrogen and oxygen atoms in total. The Bertz CT molecular complexity index is 1250. The largest absolute Gasteiger partial charge is 0.496 e. The predicted octanol–water partition coefficient (Wildman–Crippen LogP) is 3.14. The van der Waals surface area contributed by atoms with E-state index in [-0.39, 0.29) is 36.8 Å². The van der Waals surface area contributed by atoms with Crippen molar-refractivity contribution in [3.63, 3.8) is 0 Å². The molecule has 4 rings (SSSR count). The van der Waals surface area contributed by atoms with Crippen molar-refractivity contribution in [2.24, 2.45) is 5.92 Å². The van der Waals surface area contributed by atoms with E-state index in [2.05, 4.69) is 9.97 Å². The van der Waals surface area contributed by atoms with E-state index in [9.17, 15) is 14.7 Å². The highest BCUT2D eigenvalue weighted by Gasteiger charge is 2.35. The molecular formula is C28H32N4O5. The van der Waals surface area contributed by atoms with Crippen LogP contribution in [0, 0.1) is 5.92 Å². The van der Waals surface area contributed by atoms with Gasteiger partial charge in [0.25, 0.3) is 11.8 Å². The van der Waals surface area contributed by atoms with E-state index in [0.29, 0.717) is 29.0 Å². The Balaban J connectivity index is 1.71. The summed E-state index contributed by atoms with van der Waals surface area (Å²) in [5, 5.41) is 9.90. The number of pyridine rings is 2. The average molecular weight is 505 g/mol. The van der Waals surface area contributed by atoms with Crippen LogP contribution in [0.3, 0.4) is 0 Å². The molecule has 3 aromatic rings. The van der Waals surface area contributed by atoms with E-state index >= 15 is 0 Å². The number of fused-ring (bicyclic) bond motifs is 1. The Kier molecular flexibility index (Phi) is 8.03. The van der Waals surface area contributed by atoms with Gasteiger partial charge in [-0.25, -0.2) is 4.98 Å². The number of hydrogen-bond donors (Lipinski definition) is 1. The first-order valence-electron chi connectivity index (χ1n) is 12.2. The molecule has 0 saturated heterocycles. The Hall–Kier alpha value is -3.98. The van der Waals surface area contributed by atoms with Gasteiger partial charge in [0.05, 0.1) is 31.9 Å². The minimum atomic E-state index is -0.449. The van der Waals surface area contributed by atoms with Gasteiger partial charge in [0.1, 0.15) is 17.4 Å². The lowest BCUT2D eigenvalue weighted by Crippen LogP contribution is -2.50. The minimum absolute atomic E-state index is 0.147. The highest BCUT2D eigenvalue weighted by Crippen LogP contribution is 2.34. The molecule has 0 bridgehead atoms. The van der Waals surface area contributed by atoms with E-state index < -0.39 is 12.1 Å². The second-order valence-electron chi connectivity index (χ2n) is 9.33. The van der Waals surface area contributed by atoms with Crippen molar-refractivity contribution in [1.29, 1.82) is 0 Å². The van der Waals surface area contributed by atoms with Gasteiger partial charge in [-0.1, -0.05) is 25.1 Å². The lowest BCUT2D eigenvalue weighted by atomic mass is 9.99. The molecule has 3 heterocycles. The van der Waals surface area contributed by atoms with Crippen LogP contribution in [0.5, 0.6) is 11.6 Å². The third-order valence-corrected chi connectivity index (χ3v) is 6.65. The van der Waals surface area contributed by atoms with Crippen LogP contribution in [0.25, 0.3) is 11.1 Å². The first-order chi connectivity index (χ1) is 17.8. The number of benzene rings is 1. The van der Waals surface area contributed by atoms with Gasteiger partial charge >= 0.3 is 0 Å². The van der Waals surface area contributed by atoms with Gasteiger partial charge in [0, 0.05) is 49.2 Å². The summed E-state index contributed by atoms with van der Waals surface area (Å²) >= 11 is 0. The van der Waals surface area contributed by atoms with E-state index in [0.717, 1.165) is 5.56 Å². The molecule has 1 aliphatic heterocycles. The molecule has 1 aliphatic rings. The Morgan fingerprint density at radius 2 is 2.03 bits per heavy atom. The van der Waals surface area contributed by atoms with Crippen molar-refractivity contribution in [3.8, 4) is 22.8 Å². The molecule has 0 unspecified atom stereocenters. The second-order valence-corrected chi connectivity index (χ2v) is 9.33. The summed E-state index contributed by atoms with van der Waals surface area (Å²) in [6.45, 7) is 4.21. The Morgan fingerprint density at radius 3 is 2.73 bits per heavy atom. The zero-order valence-electron chi connectivity index (χ0n) is 21.5. The van der Waals surface area contributed by atoms with Crippen molar-refractivity contribution in [3.05, 3.63) is 72.2 Å². The van der Waals surface area contributed by atoms with Gasteiger partial charge < -0.3 is 24.4 Å². The summed E-state index contributed by atoms with van der Waals surface area (Å²) in [6, 6.07) is 12.3. The smallest absolute Gasteiger partial charge is 0.259 e. The highest BCUT2D eigenvalue weighted by molar-refractivity contribution is 5.98. The van der Waals surface area contributed by atoms with Gasteiger partial charge in [-0.2, -0.15) is 0 Å². The molecule has 0 spiro atoms. The summed E-state index contributed by atoms with van der Waals surface area (Å²) in [5.41, 5.74) is 2.28. The number of aromatic nitrogens is 2. The third-order valence-electron chi connectivity index (χ3n) is 6.65. The summed E-state index contributed by atoms with van der Waals surface area (Å²) in [6.07, 6.45) is 4.35. The van der Waals surface area contributed by atoms with Crippen LogP contribution < -0.4 is 9.47 Å². The number of carbonyl (C=O) groups is 2. The monoisotopic (exact) mass is 504 g/mol. The van der Waals surface area contributed by atoms with Crippen LogP contribution in [0.2, 0.25) is 0 Å². The summed E-state index contributed by atoms with van der Waals surface area (Å²) in [5.74, 6) is 0.253. The molecule has 2 aromatic heterocycles. The number of aliphatic hydroxyl groups is 1. The van der Waals surface area contributed by atoms with Crippen molar-refractivity contribution in [1.82, 2.24) is 19.8 Å². The number of methoxy groups -OCH3 is 1. The predicted molar refractivity (Wildman–Crippen MR) is 139 cm³/mol. The molecule has 0 fully saturated rings. The number of rotatable bonds is 7. The molecule has 2 amide bonds. The van der Waals surface area contributed by atoms with E-state index in [1.807, 2.05) is 31.2 Å². The fraction of sp³-hybridized carbons (Fsp3) is 0.357. The van der Waals surface area contributed by atoms with Crippen LogP contribution in [-0.2, 0) is 0 Å². The Labute approximate surface area is 216 Å². The van der Waals surface area contributed by atoms with Crippen molar-refractivity contribution in [2.75, 3.05) is 33.9 Å². The maximum Gasteiger partial charge on any atom is 0.259 e. The maximum atomic E-state index is 13.7. The van der Waals surface area contributed by atoms with Gasteiger partial charge in [-0.15, -0.1) is 0 Å². The van der Waals surface area contributed by atoms with Gasteiger partial charge in [-0.3, -0.25) is 14.6 Å². The van der Waals surface area contributed by atoms with Crippen LogP contribution in [-0.4, -0.2) is 82.7 Å². The molecule has 194 valence electrons. The zero-order chi connectivity index (χ0) is 26.5. The molecule has 0 aliphatic carbocycles. The normalized spacial score (nSPS) is 18.2. The SMILES string of the molecule is COc1ccccc1-c1cnc2c(c1)C(=O)N([C@H](C)CO)C[C@@H](C)[C@H](CN(C)C(=O)c1cccnc1)O2. The fourth-order valence-electron chi connectivity index (χ4n) is 4.41. The van der Waals surface area contributed by atoms with Gasteiger partial charge in [0.2, 0.25) is 5.88 Å². The molecule has 37 heavy (non-hydrogen) atoms. The number of ether oxygens (including phenoxy) is 2. The first kappa shape index (κ1) is 26.1. The standard InChI is InChI=1S/C28H32N4O5/c1-18-15-32(19(2)17-33)28(35)23-12-21(22-9-5-6-10-24(22)36-4)14-30-26(23)37-25(18)16-31(3)27(34)20-8-7-11-29-13-20/h5-14,18-19,25,33H,15-17H2,1-4H3/t18-,19-,25+/m1/s1. The van der Waals surface area contributed by atoms with Crippen LogP contribution in [0.1, 0.15) is 34.6 Å². The lowest BCUT2D eigenvalue weighted by Gasteiger charge is -2.37.